The smallest absolute Gasteiger partial charge is 0.224 e. The summed E-state index contributed by atoms with van der Waals surface area (Å²) in [5, 5.41) is 3.04. The van der Waals surface area contributed by atoms with Crippen LogP contribution in [-0.4, -0.2) is 65.4 Å². The Morgan fingerprint density at radius 3 is 2.70 bits per heavy atom. The highest BCUT2D eigenvalue weighted by atomic mass is 16.2. The van der Waals surface area contributed by atoms with Crippen molar-refractivity contribution in [2.75, 3.05) is 32.7 Å². The van der Waals surface area contributed by atoms with E-state index in [1.807, 2.05) is 23.1 Å². The Morgan fingerprint density at radius 1 is 1.19 bits per heavy atom. The molecule has 2 aliphatic heterocycles. The number of piperidine rings is 2. The molecule has 0 saturated carbocycles. The van der Waals surface area contributed by atoms with E-state index in [2.05, 4.69) is 15.2 Å². The summed E-state index contributed by atoms with van der Waals surface area (Å²) in [6.07, 6.45) is 6.14. The molecule has 2 fully saturated rings. The Balaban J connectivity index is 1.45. The first-order valence-electron chi connectivity index (χ1n) is 10.1. The fourth-order valence-electron chi connectivity index (χ4n) is 4.14. The van der Waals surface area contributed by atoms with Crippen LogP contribution in [0.15, 0.2) is 24.4 Å². The third kappa shape index (κ3) is 5.49. The molecular weight excluding hydrogens is 342 g/mol. The van der Waals surface area contributed by atoms with E-state index in [1.165, 1.54) is 0 Å². The number of pyridine rings is 1. The molecule has 27 heavy (non-hydrogen) atoms. The lowest BCUT2D eigenvalue weighted by Gasteiger charge is -2.42. The van der Waals surface area contributed by atoms with Gasteiger partial charge in [-0.1, -0.05) is 6.07 Å². The minimum atomic E-state index is 0.0411. The molecule has 0 aromatic carbocycles. The van der Waals surface area contributed by atoms with E-state index in [1.54, 1.807) is 6.20 Å². The van der Waals surface area contributed by atoms with Gasteiger partial charge in [-0.3, -0.25) is 19.5 Å². The van der Waals surface area contributed by atoms with Crippen molar-refractivity contribution in [3.63, 3.8) is 0 Å². The van der Waals surface area contributed by atoms with Crippen LogP contribution in [-0.2, 0) is 16.1 Å². The Bertz CT molecular complexity index is 616. The molecule has 3 rings (SSSR count). The summed E-state index contributed by atoms with van der Waals surface area (Å²) in [5.41, 5.74) is 6.37. The Morgan fingerprint density at radius 2 is 2.00 bits per heavy atom. The van der Waals surface area contributed by atoms with Crippen molar-refractivity contribution in [1.82, 2.24) is 20.1 Å². The fourth-order valence-corrected chi connectivity index (χ4v) is 4.14. The van der Waals surface area contributed by atoms with Gasteiger partial charge in [0, 0.05) is 44.8 Å². The number of carbonyl (C=O) groups is 2. The molecule has 0 bridgehead atoms. The van der Waals surface area contributed by atoms with Crippen molar-refractivity contribution < 1.29 is 9.59 Å². The zero-order chi connectivity index (χ0) is 19.1. The van der Waals surface area contributed by atoms with Crippen LogP contribution in [0.3, 0.4) is 0 Å². The number of hydrogen-bond acceptors (Lipinski definition) is 5. The van der Waals surface area contributed by atoms with Crippen molar-refractivity contribution in [3.8, 4) is 0 Å². The van der Waals surface area contributed by atoms with Gasteiger partial charge in [0.1, 0.15) is 0 Å². The Hall–Kier alpha value is -1.99. The van der Waals surface area contributed by atoms with Gasteiger partial charge in [0.05, 0.1) is 18.2 Å². The predicted octanol–water partition coefficient (Wildman–Crippen LogP) is 0.750. The topological polar surface area (TPSA) is 91.6 Å². The van der Waals surface area contributed by atoms with Gasteiger partial charge >= 0.3 is 0 Å². The number of rotatable bonds is 6. The van der Waals surface area contributed by atoms with Crippen LogP contribution >= 0.6 is 0 Å². The van der Waals surface area contributed by atoms with Crippen molar-refractivity contribution >= 4 is 11.8 Å². The van der Waals surface area contributed by atoms with Gasteiger partial charge in [0.25, 0.3) is 0 Å². The van der Waals surface area contributed by atoms with Crippen molar-refractivity contribution in [1.29, 1.82) is 0 Å². The highest BCUT2D eigenvalue weighted by Crippen LogP contribution is 2.24. The lowest BCUT2D eigenvalue weighted by Crippen LogP contribution is -2.51. The number of aromatic nitrogens is 1. The molecule has 7 nitrogen and oxygen atoms in total. The van der Waals surface area contributed by atoms with Gasteiger partial charge in [-0.05, 0) is 44.4 Å². The molecule has 148 valence electrons. The maximum atomic E-state index is 12.6. The van der Waals surface area contributed by atoms with E-state index in [4.69, 9.17) is 5.73 Å². The molecule has 1 unspecified atom stereocenters. The van der Waals surface area contributed by atoms with Crippen LogP contribution in [0, 0.1) is 5.92 Å². The first-order chi connectivity index (χ1) is 13.2. The molecule has 1 aromatic rings. The van der Waals surface area contributed by atoms with Gasteiger partial charge in [0.15, 0.2) is 0 Å². The molecule has 0 radical (unpaired) electrons. The maximum Gasteiger partial charge on any atom is 0.224 e. The molecular formula is C20H31N5O2. The number of carbonyl (C=O) groups excluding carboxylic acids is 2. The summed E-state index contributed by atoms with van der Waals surface area (Å²) in [4.78, 5) is 33.2. The molecule has 1 aromatic heterocycles. The van der Waals surface area contributed by atoms with Gasteiger partial charge in [-0.15, -0.1) is 0 Å². The average Bonchev–Trinajstić information content (AvgIpc) is 2.73. The number of nitrogens with one attached hydrogen (secondary N) is 1. The average molecular weight is 374 g/mol. The van der Waals surface area contributed by atoms with Crippen molar-refractivity contribution in [3.05, 3.63) is 30.1 Å². The fraction of sp³-hybridized carbons (Fsp3) is 0.650. The zero-order valence-electron chi connectivity index (χ0n) is 16.0. The van der Waals surface area contributed by atoms with Crippen LogP contribution < -0.4 is 11.1 Å². The summed E-state index contributed by atoms with van der Waals surface area (Å²) in [6, 6.07) is 6.20. The number of nitrogens with zero attached hydrogens (tertiary/aromatic N) is 3. The first-order valence-corrected chi connectivity index (χ1v) is 10.1. The van der Waals surface area contributed by atoms with Gasteiger partial charge in [0.2, 0.25) is 11.8 Å². The zero-order valence-corrected chi connectivity index (χ0v) is 16.0. The second-order valence-corrected chi connectivity index (χ2v) is 7.52. The Labute approximate surface area is 161 Å². The first kappa shape index (κ1) is 19.8. The van der Waals surface area contributed by atoms with E-state index in [9.17, 15) is 9.59 Å². The SMILES string of the molecule is NCCC(=O)N1CCC(N2CCCC(C(=O)NCc3ccccn3)C2)CC1. The molecule has 3 N–H and O–H groups in total. The summed E-state index contributed by atoms with van der Waals surface area (Å²) < 4.78 is 0. The highest BCUT2D eigenvalue weighted by molar-refractivity contribution is 5.79. The van der Waals surface area contributed by atoms with Crippen LogP contribution in [0.4, 0.5) is 0 Å². The molecule has 2 saturated heterocycles. The minimum Gasteiger partial charge on any atom is -0.350 e. The quantitative estimate of drug-likeness (QED) is 0.768. The second-order valence-electron chi connectivity index (χ2n) is 7.52. The van der Waals surface area contributed by atoms with Gasteiger partial charge < -0.3 is 16.0 Å². The maximum absolute atomic E-state index is 12.6. The van der Waals surface area contributed by atoms with E-state index in [-0.39, 0.29) is 17.7 Å². The summed E-state index contributed by atoms with van der Waals surface area (Å²) in [6.45, 7) is 4.37. The van der Waals surface area contributed by atoms with E-state index < -0.39 is 0 Å². The standard InChI is InChI=1S/C20H31N5O2/c21-9-6-19(26)24-12-7-18(8-13-24)25-11-3-4-16(15-25)20(27)23-14-17-5-1-2-10-22-17/h1-2,5,10,16,18H,3-4,6-9,11-15,21H2,(H,23,27). The van der Waals surface area contributed by atoms with E-state index >= 15 is 0 Å². The van der Waals surface area contributed by atoms with E-state index in [0.29, 0.717) is 25.6 Å². The van der Waals surface area contributed by atoms with Crippen LogP contribution in [0.2, 0.25) is 0 Å². The lowest BCUT2D eigenvalue weighted by atomic mass is 9.93. The summed E-state index contributed by atoms with van der Waals surface area (Å²) in [5.74, 6) is 0.335. The molecule has 0 aliphatic carbocycles. The number of nitrogens with two attached hydrogens (primary N) is 1. The van der Waals surface area contributed by atoms with E-state index in [0.717, 1.165) is 57.6 Å². The van der Waals surface area contributed by atoms with Crippen molar-refractivity contribution in [2.24, 2.45) is 11.7 Å². The largest absolute Gasteiger partial charge is 0.350 e. The number of hydrogen-bond donors (Lipinski definition) is 2. The second kappa shape index (κ2) is 9.80. The lowest BCUT2D eigenvalue weighted by molar-refractivity contribution is -0.132. The normalized spacial score (nSPS) is 21.8. The van der Waals surface area contributed by atoms with Crippen molar-refractivity contribution in [2.45, 2.75) is 44.7 Å². The summed E-state index contributed by atoms with van der Waals surface area (Å²) in [7, 11) is 0. The Kier molecular flexibility index (Phi) is 7.18. The summed E-state index contributed by atoms with van der Waals surface area (Å²) >= 11 is 0. The van der Waals surface area contributed by atoms with Gasteiger partial charge in [-0.2, -0.15) is 0 Å². The number of likely N-dealkylation sites (tertiary alicyclic amines) is 2. The monoisotopic (exact) mass is 373 g/mol. The molecule has 0 spiro atoms. The molecule has 7 heteroatoms. The molecule has 1 atom stereocenters. The minimum absolute atomic E-state index is 0.0411. The number of amides is 2. The predicted molar refractivity (Wildman–Crippen MR) is 104 cm³/mol. The van der Waals surface area contributed by atoms with Gasteiger partial charge in [-0.25, -0.2) is 0 Å². The van der Waals surface area contributed by atoms with Crippen LogP contribution in [0.1, 0.15) is 37.8 Å². The van der Waals surface area contributed by atoms with Crippen LogP contribution in [0.25, 0.3) is 0 Å². The third-order valence-electron chi connectivity index (χ3n) is 5.69. The highest BCUT2D eigenvalue weighted by Gasteiger charge is 2.32. The molecule has 3 heterocycles. The van der Waals surface area contributed by atoms with Crippen LogP contribution in [0.5, 0.6) is 0 Å². The molecule has 2 aliphatic rings. The molecule has 2 amide bonds. The third-order valence-corrected chi connectivity index (χ3v) is 5.69.